The Hall–Kier alpha value is 2.94. The summed E-state index contributed by atoms with van der Waals surface area (Å²) in [5, 5.41) is 0. The van der Waals surface area contributed by atoms with E-state index in [0.717, 1.165) is 0 Å². The zero-order valence-electron chi connectivity index (χ0n) is 7.69. The molecule has 0 N–H and O–H groups in total. The predicted octanol–water partition coefficient (Wildman–Crippen LogP) is -10.0. The Labute approximate surface area is 153 Å². The van der Waals surface area contributed by atoms with Gasteiger partial charge < -0.3 is 0 Å². The Kier molecular flexibility index (Phi) is 66.4. The van der Waals surface area contributed by atoms with Crippen LogP contribution in [0, 0.1) is 0 Å². The van der Waals surface area contributed by atoms with Gasteiger partial charge in [-0.15, -0.1) is 0 Å². The smallest absolute Gasteiger partial charge is 0 e. The summed E-state index contributed by atoms with van der Waals surface area (Å²) in [6.45, 7) is 0. The minimum Gasteiger partial charge on any atom is 0 e. The van der Waals surface area contributed by atoms with E-state index < -0.39 is 74.5 Å². The Morgan fingerprint density at radius 2 is 0.444 bits per heavy atom. The molecule has 18 heavy (non-hydrogen) atoms. The first-order valence-corrected chi connectivity index (χ1v) is 10.1. The summed E-state index contributed by atoms with van der Waals surface area (Å²) in [6, 6.07) is 0. The van der Waals surface area contributed by atoms with Gasteiger partial charge in [0.25, 0.3) is 0 Å². The summed E-state index contributed by atoms with van der Waals surface area (Å²) < 4.78 is 103. The first-order valence-electron chi connectivity index (χ1n) is 2.45. The van der Waals surface area contributed by atoms with Crippen molar-refractivity contribution in [1.82, 2.24) is 0 Å². The van der Waals surface area contributed by atoms with E-state index in [0.29, 0.717) is 0 Å². The van der Waals surface area contributed by atoms with Gasteiger partial charge in [-0.3, -0.25) is 0 Å². The molecule has 12 nitrogen and oxygen atoms in total. The molecular formula is MnO12Ti4W-6. The normalized spacial score (nSPS) is 5.78. The number of hydrogen-bond donors (Lipinski definition) is 0. The van der Waals surface area contributed by atoms with Gasteiger partial charge in [0.05, 0.1) is 0 Å². The zero-order valence-corrected chi connectivity index (χ0v) is 18.0. The molecule has 1 radical (unpaired) electrons. The fourth-order valence-corrected chi connectivity index (χ4v) is 0. The van der Waals surface area contributed by atoms with Crippen LogP contribution in [0.25, 0.3) is 0 Å². The van der Waals surface area contributed by atoms with Crippen LogP contribution in [-0.2, 0) is 126 Å². The van der Waals surface area contributed by atoms with Gasteiger partial charge >= 0.3 is 134 Å². The van der Waals surface area contributed by atoms with Gasteiger partial charge in [0.2, 0.25) is 0 Å². The molecule has 0 saturated carbocycles. The largest absolute Gasteiger partial charge is 0 e. The number of hydrogen-bond acceptors (Lipinski definition) is 12. The van der Waals surface area contributed by atoms with Gasteiger partial charge in [0, 0.05) is 21.1 Å². The number of rotatable bonds is 0. The van der Waals surface area contributed by atoms with Crippen LogP contribution in [0.5, 0.6) is 0 Å². The SMILES string of the molecule is [Mn+2].[O]=[Ti]([O-])[O-].[O]=[Ti]([O-])[O-].[O]=[Ti]([O-])[O-].[O]=[Ti]([O-])[O-].[W]. The average molecular weight is 622 g/mol. The summed E-state index contributed by atoms with van der Waals surface area (Å²) in [6.07, 6.45) is 0. The maximum absolute atomic E-state index is 8.58. The molecule has 107 valence electrons. The van der Waals surface area contributed by atoms with Crippen molar-refractivity contribution in [3.63, 3.8) is 0 Å². The Bertz CT molecular complexity index is 164. The second kappa shape index (κ2) is 32.1. The Morgan fingerprint density at radius 1 is 0.444 bits per heavy atom. The predicted molar refractivity (Wildman–Crippen MR) is 2.75 cm³/mol. The standard InChI is InChI=1S/Mn.12O.4Ti.W/q+2;;;;;8*-1;;;;;. The topological polar surface area (TPSA) is 253 Å². The summed E-state index contributed by atoms with van der Waals surface area (Å²) in [4.78, 5) is 0. The van der Waals surface area contributed by atoms with Crippen LogP contribution in [0.2, 0.25) is 0 Å². The van der Waals surface area contributed by atoms with Crippen molar-refractivity contribution in [2.24, 2.45) is 0 Å². The van der Waals surface area contributed by atoms with Crippen LogP contribution in [0.1, 0.15) is 0 Å². The molecule has 0 saturated heterocycles. The average Bonchev–Trinajstić information content (AvgIpc) is 1.76. The second-order valence-corrected chi connectivity index (χ2v) is 4.12. The van der Waals surface area contributed by atoms with E-state index >= 15 is 0 Å². The van der Waals surface area contributed by atoms with Crippen molar-refractivity contribution in [2.75, 3.05) is 0 Å². The van der Waals surface area contributed by atoms with Gasteiger partial charge in [-0.05, 0) is 0 Å². The fraction of sp³-hybridized carbons (Fsp3) is 0. The molecule has 0 heterocycles. The molecule has 0 rings (SSSR count). The van der Waals surface area contributed by atoms with E-state index in [-0.39, 0.29) is 38.1 Å². The first-order chi connectivity index (χ1) is 6.93. The minimum absolute atomic E-state index is 0. The quantitative estimate of drug-likeness (QED) is 0.228. The fourth-order valence-electron chi connectivity index (χ4n) is 0. The minimum atomic E-state index is -4.08. The monoisotopic (exact) mass is 623 g/mol. The third-order valence-electron chi connectivity index (χ3n) is 0. The van der Waals surface area contributed by atoms with E-state index in [1.807, 2.05) is 0 Å². The van der Waals surface area contributed by atoms with Crippen LogP contribution < -0.4 is 29.5 Å². The molecule has 0 spiro atoms. The molecule has 0 aliphatic carbocycles. The van der Waals surface area contributed by atoms with Crippen LogP contribution in [0.4, 0.5) is 0 Å². The molecule has 0 bridgehead atoms. The van der Waals surface area contributed by atoms with Crippen molar-refractivity contribution in [2.45, 2.75) is 0 Å². The zero-order chi connectivity index (χ0) is 14.3. The van der Waals surface area contributed by atoms with E-state index in [1.165, 1.54) is 0 Å². The Balaban J connectivity index is -0.0000000257. The van der Waals surface area contributed by atoms with E-state index in [9.17, 15) is 0 Å². The first kappa shape index (κ1) is 37.3. The summed E-state index contributed by atoms with van der Waals surface area (Å²) in [7, 11) is 0. The third-order valence-corrected chi connectivity index (χ3v) is 0. The van der Waals surface area contributed by atoms with Gasteiger partial charge in [-0.2, -0.15) is 0 Å². The Morgan fingerprint density at radius 3 is 0.444 bits per heavy atom. The van der Waals surface area contributed by atoms with E-state index in [2.05, 4.69) is 0 Å². The molecule has 0 fully saturated rings. The molecule has 0 unspecified atom stereocenters. The van der Waals surface area contributed by atoms with E-state index in [4.69, 9.17) is 42.8 Å². The maximum Gasteiger partial charge on any atom is 0 e. The molecule has 0 aromatic heterocycles. The van der Waals surface area contributed by atoms with Gasteiger partial charge in [-0.25, -0.2) is 0 Å². The molecule has 0 aromatic carbocycles. The molecule has 0 aliphatic rings. The third kappa shape index (κ3) is 703. The van der Waals surface area contributed by atoms with Crippen molar-refractivity contribution in [3.8, 4) is 0 Å². The van der Waals surface area contributed by atoms with Crippen molar-refractivity contribution >= 4 is 0 Å². The summed E-state index contributed by atoms with van der Waals surface area (Å²) >= 11 is -16.3. The van der Waals surface area contributed by atoms with Gasteiger partial charge in [0.15, 0.2) is 0 Å². The molecule has 0 amide bonds. The van der Waals surface area contributed by atoms with Crippen LogP contribution in [-0.4, -0.2) is 0 Å². The van der Waals surface area contributed by atoms with Crippen molar-refractivity contribution in [1.29, 1.82) is 0 Å². The van der Waals surface area contributed by atoms with Crippen LogP contribution in [0.3, 0.4) is 0 Å². The summed E-state index contributed by atoms with van der Waals surface area (Å²) in [5.74, 6) is 0. The van der Waals surface area contributed by atoms with Crippen molar-refractivity contribution in [3.05, 3.63) is 0 Å². The summed E-state index contributed by atoms with van der Waals surface area (Å²) in [5.41, 5.74) is 0. The molecule has 0 aliphatic heterocycles. The van der Waals surface area contributed by atoms with Crippen LogP contribution >= 0.6 is 0 Å². The second-order valence-electron chi connectivity index (χ2n) is 1.00. The molecule has 0 aromatic rings. The van der Waals surface area contributed by atoms with Crippen molar-refractivity contribution < 1.29 is 155 Å². The van der Waals surface area contributed by atoms with Gasteiger partial charge in [-0.1, -0.05) is 0 Å². The molecular weight excluding hydrogens is 622 g/mol. The van der Waals surface area contributed by atoms with Gasteiger partial charge in [0.1, 0.15) is 0 Å². The van der Waals surface area contributed by atoms with E-state index in [1.54, 1.807) is 0 Å². The maximum atomic E-state index is 8.58. The molecule has 18 heteroatoms. The molecule has 0 atom stereocenters. The van der Waals surface area contributed by atoms with Crippen LogP contribution in [0.15, 0.2) is 0 Å².